The molecule has 0 saturated heterocycles. The Morgan fingerprint density at radius 3 is 2.86 bits per heavy atom. The van der Waals surface area contributed by atoms with Gasteiger partial charge in [0.25, 0.3) is 5.91 Å². The third kappa shape index (κ3) is 4.97. The first-order valence-electron chi connectivity index (χ1n) is 15.1. The van der Waals surface area contributed by atoms with Gasteiger partial charge in [-0.1, -0.05) is 24.6 Å². The predicted octanol–water partition coefficient (Wildman–Crippen LogP) is 3.81. The monoisotopic (exact) mass is 595 g/mol. The summed E-state index contributed by atoms with van der Waals surface area (Å²) >= 11 is 0. The van der Waals surface area contributed by atoms with Crippen LogP contribution in [0.5, 0.6) is 5.88 Å². The zero-order valence-corrected chi connectivity index (χ0v) is 25.6. The summed E-state index contributed by atoms with van der Waals surface area (Å²) in [5.41, 5.74) is 10.6. The maximum Gasteiger partial charge on any atom is 0.271 e. The van der Waals surface area contributed by atoms with Crippen LogP contribution in [-0.2, 0) is 18.3 Å². The van der Waals surface area contributed by atoms with Crippen LogP contribution in [-0.4, -0.2) is 69.5 Å². The number of rotatable bonds is 9. The minimum atomic E-state index is -0.477. The quantitative estimate of drug-likeness (QED) is 0.272. The molecule has 2 unspecified atom stereocenters. The van der Waals surface area contributed by atoms with E-state index >= 15 is 0 Å². The Morgan fingerprint density at radius 2 is 2.11 bits per heavy atom. The van der Waals surface area contributed by atoms with Crippen molar-refractivity contribution in [1.29, 1.82) is 5.26 Å². The van der Waals surface area contributed by atoms with Gasteiger partial charge in [-0.2, -0.15) is 15.3 Å². The zero-order valence-electron chi connectivity index (χ0n) is 25.6. The number of nitriles is 1. The molecule has 0 saturated carbocycles. The van der Waals surface area contributed by atoms with Gasteiger partial charge in [0.05, 0.1) is 11.0 Å². The average Bonchev–Trinajstić information content (AvgIpc) is 3.78. The van der Waals surface area contributed by atoms with Crippen LogP contribution in [0.1, 0.15) is 77.5 Å². The fourth-order valence-electron chi connectivity index (χ4n) is 6.68. The molecule has 12 heteroatoms. The summed E-state index contributed by atoms with van der Waals surface area (Å²) in [5.74, 6) is 1.61. The fourth-order valence-corrected chi connectivity index (χ4v) is 6.68. The number of aryl methyl sites for hydroxylation is 1. The molecule has 44 heavy (non-hydrogen) atoms. The first kappa shape index (κ1) is 29.3. The zero-order chi connectivity index (χ0) is 31.0. The van der Waals surface area contributed by atoms with E-state index in [1.807, 2.05) is 26.2 Å². The van der Waals surface area contributed by atoms with Gasteiger partial charge < -0.3 is 25.2 Å². The number of amides is 1. The fraction of sp³-hybridized carbons (Fsp3) is 0.438. The Hall–Kier alpha value is -4.76. The summed E-state index contributed by atoms with van der Waals surface area (Å²) in [6.07, 6.45) is 7.79. The van der Waals surface area contributed by atoms with Gasteiger partial charge in [-0.15, -0.1) is 0 Å². The Balaban J connectivity index is 1.44. The van der Waals surface area contributed by atoms with E-state index < -0.39 is 5.41 Å². The van der Waals surface area contributed by atoms with Crippen LogP contribution in [0.2, 0.25) is 0 Å². The van der Waals surface area contributed by atoms with Crippen LogP contribution in [0.3, 0.4) is 0 Å². The van der Waals surface area contributed by atoms with Crippen molar-refractivity contribution in [2.45, 2.75) is 63.3 Å². The molecule has 3 heterocycles. The molecule has 3 N–H and O–H groups in total. The van der Waals surface area contributed by atoms with E-state index in [1.54, 1.807) is 25.4 Å². The van der Waals surface area contributed by atoms with Gasteiger partial charge in [0.1, 0.15) is 12.7 Å². The van der Waals surface area contributed by atoms with E-state index in [9.17, 15) is 10.1 Å². The first-order valence-corrected chi connectivity index (χ1v) is 15.1. The molecule has 0 radical (unpaired) electrons. The smallest absolute Gasteiger partial charge is 0.271 e. The van der Waals surface area contributed by atoms with Crippen molar-refractivity contribution < 1.29 is 14.1 Å². The molecule has 0 bridgehead atoms. The number of anilines is 1. The lowest BCUT2D eigenvalue weighted by Crippen LogP contribution is -2.33. The predicted molar refractivity (Wildman–Crippen MR) is 164 cm³/mol. The molecule has 2 aliphatic rings. The van der Waals surface area contributed by atoms with E-state index in [2.05, 4.69) is 33.5 Å². The summed E-state index contributed by atoms with van der Waals surface area (Å²) in [6.45, 7) is 2.59. The van der Waals surface area contributed by atoms with Crippen molar-refractivity contribution in [3.8, 4) is 29.3 Å². The second-order valence-electron chi connectivity index (χ2n) is 11.8. The van der Waals surface area contributed by atoms with Crippen LogP contribution >= 0.6 is 0 Å². The highest BCUT2D eigenvalue weighted by Gasteiger charge is 2.49. The van der Waals surface area contributed by atoms with Gasteiger partial charge in [-0.05, 0) is 75.9 Å². The lowest BCUT2D eigenvalue weighted by molar-refractivity contribution is 0.0957. The van der Waals surface area contributed by atoms with Crippen LogP contribution < -0.4 is 15.8 Å². The second-order valence-corrected chi connectivity index (χ2v) is 11.8. The minimum Gasteiger partial charge on any atom is -0.476 e. The van der Waals surface area contributed by atoms with Gasteiger partial charge in [-0.3, -0.25) is 4.79 Å². The van der Waals surface area contributed by atoms with Crippen molar-refractivity contribution in [3.63, 3.8) is 0 Å². The number of carbonyl (C=O) groups is 1. The Kier molecular flexibility index (Phi) is 7.82. The second kappa shape index (κ2) is 11.7. The summed E-state index contributed by atoms with van der Waals surface area (Å²) in [5, 5.41) is 21.6. The number of hydrogen-bond acceptors (Lipinski definition) is 10. The summed E-state index contributed by atoms with van der Waals surface area (Å²) in [7, 11) is 5.63. The van der Waals surface area contributed by atoms with Crippen LogP contribution in [0, 0.1) is 11.3 Å². The molecule has 4 aromatic rings. The van der Waals surface area contributed by atoms with Gasteiger partial charge in [0.2, 0.25) is 5.88 Å². The molecular weight excluding hydrogens is 558 g/mol. The molecule has 1 spiro atoms. The van der Waals surface area contributed by atoms with Gasteiger partial charge in [-0.25, -0.2) is 9.67 Å². The molecule has 2 aliphatic carbocycles. The number of aromatic nitrogens is 5. The van der Waals surface area contributed by atoms with Crippen LogP contribution in [0.4, 0.5) is 5.69 Å². The molecule has 228 valence electrons. The summed E-state index contributed by atoms with van der Waals surface area (Å²) in [4.78, 5) is 24.0. The van der Waals surface area contributed by atoms with Crippen molar-refractivity contribution in [2.24, 2.45) is 0 Å². The van der Waals surface area contributed by atoms with Gasteiger partial charge in [0.15, 0.2) is 28.8 Å². The van der Waals surface area contributed by atoms with Gasteiger partial charge >= 0.3 is 0 Å². The molecule has 1 aromatic carbocycles. The van der Waals surface area contributed by atoms with Crippen LogP contribution in [0.15, 0.2) is 35.0 Å². The van der Waals surface area contributed by atoms with Crippen molar-refractivity contribution in [3.05, 3.63) is 64.2 Å². The molecule has 6 rings (SSSR count). The number of likely N-dealkylation sites (N-methyl/N-ethyl adjacent to an activating group) is 1. The molecule has 0 fully saturated rings. The van der Waals surface area contributed by atoms with E-state index in [0.717, 1.165) is 67.4 Å². The third-order valence-corrected chi connectivity index (χ3v) is 8.95. The number of carbonyl (C=O) groups excluding carboxylic acids is 1. The Labute approximate surface area is 256 Å². The first-order chi connectivity index (χ1) is 21.3. The van der Waals surface area contributed by atoms with Crippen LogP contribution in [0.25, 0.3) is 17.3 Å². The molecule has 0 aliphatic heterocycles. The normalized spacial score (nSPS) is 17.7. The molecule has 12 nitrogen and oxygen atoms in total. The van der Waals surface area contributed by atoms with Crippen molar-refractivity contribution >= 4 is 11.6 Å². The SMILES string of the molecule is CCCC(COc1cc(-n2ccc(C(=O)NC)n2)nc(-c2noc3c2CCCC32CCc3ccc(N)c(C#N)c32)n1)N(C)C. The Morgan fingerprint density at radius 1 is 1.27 bits per heavy atom. The lowest BCUT2D eigenvalue weighted by Gasteiger charge is -2.33. The standard InChI is InChI=1S/C32H37N9O3/c1-5-7-20(40(3)4)18-43-26-16-25(41-15-12-24(38-41)31(42)35-2)36-30(37-26)28-21-8-6-13-32(29(21)44-39-28)14-11-19-9-10-23(34)22(17-33)27(19)32/h9-10,12,15-16,20H,5-8,11,13-14,18,34H2,1-4H3,(H,35,42). The number of nitrogens with two attached hydrogens (primary N) is 1. The number of nitrogens with one attached hydrogen (secondary N) is 1. The molecule has 2 atom stereocenters. The summed E-state index contributed by atoms with van der Waals surface area (Å²) < 4.78 is 14.0. The number of nitrogen functional groups attached to an aromatic ring is 1. The largest absolute Gasteiger partial charge is 0.476 e. The third-order valence-electron chi connectivity index (χ3n) is 8.95. The molecule has 1 amide bonds. The topological polar surface area (TPSA) is 161 Å². The summed E-state index contributed by atoms with van der Waals surface area (Å²) in [6, 6.07) is 9.74. The number of ether oxygens (including phenoxy) is 1. The van der Waals surface area contributed by atoms with Gasteiger partial charge in [0, 0.05) is 36.6 Å². The van der Waals surface area contributed by atoms with Crippen molar-refractivity contribution in [1.82, 2.24) is 35.1 Å². The molecule has 3 aromatic heterocycles. The highest BCUT2D eigenvalue weighted by molar-refractivity contribution is 5.91. The Bertz CT molecular complexity index is 1750. The maximum atomic E-state index is 12.2. The highest BCUT2D eigenvalue weighted by Crippen LogP contribution is 2.54. The number of fused-ring (bicyclic) bond motifs is 4. The van der Waals surface area contributed by atoms with E-state index in [-0.39, 0.29) is 17.6 Å². The van der Waals surface area contributed by atoms with E-state index in [1.165, 1.54) is 4.68 Å². The number of nitrogens with zero attached hydrogens (tertiary/aromatic N) is 7. The maximum absolute atomic E-state index is 12.2. The number of benzene rings is 1. The lowest BCUT2D eigenvalue weighted by atomic mass is 9.68. The van der Waals surface area contributed by atoms with Crippen molar-refractivity contribution in [2.75, 3.05) is 33.5 Å². The average molecular weight is 596 g/mol. The number of hydrogen-bond donors (Lipinski definition) is 2. The minimum absolute atomic E-state index is 0.204. The highest BCUT2D eigenvalue weighted by atomic mass is 16.5. The van der Waals surface area contributed by atoms with E-state index in [4.69, 9.17) is 25.0 Å². The van der Waals surface area contributed by atoms with E-state index in [0.29, 0.717) is 41.1 Å². The molecular formula is C32H37N9O3.